The van der Waals surface area contributed by atoms with Crippen LogP contribution in [0, 0.1) is 18.7 Å². The molecule has 0 spiro atoms. The molecule has 1 saturated carbocycles. The van der Waals surface area contributed by atoms with Crippen LogP contribution in [0.2, 0.25) is 0 Å². The van der Waals surface area contributed by atoms with Crippen molar-refractivity contribution in [1.29, 1.82) is 0 Å². The molecule has 2 rings (SSSR count). The van der Waals surface area contributed by atoms with Gasteiger partial charge in [-0.05, 0) is 31.7 Å². The van der Waals surface area contributed by atoms with Gasteiger partial charge in [0.1, 0.15) is 11.6 Å². The summed E-state index contributed by atoms with van der Waals surface area (Å²) >= 11 is 0. The van der Waals surface area contributed by atoms with E-state index >= 15 is 0 Å². The number of benzene rings is 1. The predicted molar refractivity (Wildman–Crippen MR) is 52.5 cm³/mol. The lowest BCUT2D eigenvalue weighted by Gasteiger charge is -2.14. The first kappa shape index (κ1) is 9.46. The average Bonchev–Trinajstić information content (AvgIpc) is 2.97. The van der Waals surface area contributed by atoms with Gasteiger partial charge >= 0.3 is 0 Å². The fraction of sp³-hybridized carbons (Fsp3) is 0.455. The maximum Gasteiger partial charge on any atom is 0.129 e. The van der Waals surface area contributed by atoms with Gasteiger partial charge in [0.05, 0.1) is 0 Å². The Morgan fingerprint density at radius 2 is 2.14 bits per heavy atom. The van der Waals surface area contributed by atoms with E-state index in [4.69, 9.17) is 5.73 Å². The molecule has 0 heterocycles. The van der Waals surface area contributed by atoms with E-state index in [9.17, 15) is 9.50 Å². The molecule has 0 aromatic heterocycles. The zero-order chi connectivity index (χ0) is 10.3. The first-order chi connectivity index (χ1) is 6.61. The SMILES string of the molecule is Cc1c(F)ccc([C@H](N)C2CC2)c1O. The molecule has 0 radical (unpaired) electrons. The maximum atomic E-state index is 13.0. The molecule has 1 aromatic carbocycles. The summed E-state index contributed by atoms with van der Waals surface area (Å²) in [5.41, 5.74) is 6.90. The molecule has 14 heavy (non-hydrogen) atoms. The lowest BCUT2D eigenvalue weighted by Crippen LogP contribution is -2.13. The minimum atomic E-state index is -0.380. The van der Waals surface area contributed by atoms with Crippen molar-refractivity contribution in [2.24, 2.45) is 11.7 Å². The van der Waals surface area contributed by atoms with Crippen LogP contribution in [0.4, 0.5) is 4.39 Å². The smallest absolute Gasteiger partial charge is 0.129 e. The summed E-state index contributed by atoms with van der Waals surface area (Å²) in [6, 6.07) is 2.81. The van der Waals surface area contributed by atoms with Crippen molar-refractivity contribution in [2.75, 3.05) is 0 Å². The molecule has 1 aliphatic carbocycles. The van der Waals surface area contributed by atoms with Crippen LogP contribution in [0.1, 0.15) is 30.0 Å². The molecule has 1 fully saturated rings. The van der Waals surface area contributed by atoms with Gasteiger partial charge in [0.25, 0.3) is 0 Å². The Balaban J connectivity index is 2.38. The molecule has 0 amide bonds. The summed E-state index contributed by atoms with van der Waals surface area (Å²) in [6.07, 6.45) is 2.22. The molecule has 0 bridgehead atoms. The van der Waals surface area contributed by atoms with Gasteiger partial charge < -0.3 is 10.8 Å². The molecule has 2 nitrogen and oxygen atoms in total. The summed E-state index contributed by atoms with van der Waals surface area (Å²) in [4.78, 5) is 0. The van der Waals surface area contributed by atoms with Gasteiger partial charge in [-0.25, -0.2) is 4.39 Å². The molecule has 76 valence electrons. The molecule has 3 heteroatoms. The van der Waals surface area contributed by atoms with Crippen LogP contribution in [-0.2, 0) is 0 Å². The Morgan fingerprint density at radius 1 is 1.50 bits per heavy atom. The van der Waals surface area contributed by atoms with E-state index in [1.165, 1.54) is 6.07 Å². The molecule has 1 aliphatic rings. The number of nitrogens with two attached hydrogens (primary N) is 1. The van der Waals surface area contributed by atoms with Crippen LogP contribution < -0.4 is 5.73 Å². The Bertz CT molecular complexity index is 361. The minimum Gasteiger partial charge on any atom is -0.507 e. The number of hydrogen-bond acceptors (Lipinski definition) is 2. The molecule has 3 N–H and O–H groups in total. The summed E-state index contributed by atoms with van der Waals surface area (Å²) < 4.78 is 13.0. The quantitative estimate of drug-likeness (QED) is 0.760. The lowest BCUT2D eigenvalue weighted by atomic mass is 9.99. The first-order valence-electron chi connectivity index (χ1n) is 4.85. The highest BCUT2D eigenvalue weighted by Crippen LogP contribution is 2.42. The first-order valence-corrected chi connectivity index (χ1v) is 4.85. The van der Waals surface area contributed by atoms with Crippen LogP contribution >= 0.6 is 0 Å². The Labute approximate surface area is 82.5 Å². The van der Waals surface area contributed by atoms with Crippen molar-refractivity contribution in [2.45, 2.75) is 25.8 Å². The van der Waals surface area contributed by atoms with Crippen LogP contribution in [0.25, 0.3) is 0 Å². The highest BCUT2D eigenvalue weighted by Gasteiger charge is 2.31. The van der Waals surface area contributed by atoms with E-state index in [0.717, 1.165) is 12.8 Å². The van der Waals surface area contributed by atoms with Gasteiger partial charge in [-0.1, -0.05) is 6.07 Å². The van der Waals surface area contributed by atoms with Crippen molar-refractivity contribution in [3.8, 4) is 5.75 Å². The Kier molecular flexibility index (Phi) is 2.19. The third-order valence-electron chi connectivity index (χ3n) is 2.89. The number of halogens is 1. The van der Waals surface area contributed by atoms with Crippen molar-refractivity contribution in [1.82, 2.24) is 0 Å². The third-order valence-corrected chi connectivity index (χ3v) is 2.89. The number of rotatable bonds is 2. The zero-order valence-corrected chi connectivity index (χ0v) is 8.13. The normalized spacial score (nSPS) is 18.2. The van der Waals surface area contributed by atoms with Crippen molar-refractivity contribution >= 4 is 0 Å². The summed E-state index contributed by atoms with van der Waals surface area (Å²) in [5.74, 6) is 0.101. The largest absolute Gasteiger partial charge is 0.507 e. The van der Waals surface area contributed by atoms with Crippen molar-refractivity contribution in [3.63, 3.8) is 0 Å². The molecule has 0 unspecified atom stereocenters. The standard InChI is InChI=1S/C11H14FNO/c1-6-9(12)5-4-8(11(6)14)10(13)7-2-3-7/h4-5,7,10,14H,2-3,13H2,1H3/t10-/m1/s1. The van der Waals surface area contributed by atoms with Gasteiger partial charge in [-0.2, -0.15) is 0 Å². The number of phenolic OH excluding ortho intramolecular Hbond substituents is 1. The number of aromatic hydroxyl groups is 1. The van der Waals surface area contributed by atoms with E-state index < -0.39 is 0 Å². The van der Waals surface area contributed by atoms with Crippen molar-refractivity contribution < 1.29 is 9.50 Å². The highest BCUT2D eigenvalue weighted by molar-refractivity contribution is 5.42. The Hall–Kier alpha value is -1.09. The molecule has 0 aliphatic heterocycles. The van der Waals surface area contributed by atoms with Gasteiger partial charge in [-0.3, -0.25) is 0 Å². The Morgan fingerprint density at radius 3 is 2.71 bits per heavy atom. The maximum absolute atomic E-state index is 13.0. The second-order valence-corrected chi connectivity index (χ2v) is 3.97. The van der Waals surface area contributed by atoms with Gasteiger partial charge in [0, 0.05) is 17.2 Å². The molecular formula is C11H14FNO. The van der Waals surface area contributed by atoms with E-state index in [1.54, 1.807) is 13.0 Å². The van der Waals surface area contributed by atoms with E-state index in [0.29, 0.717) is 17.0 Å². The highest BCUT2D eigenvalue weighted by atomic mass is 19.1. The second-order valence-electron chi connectivity index (χ2n) is 3.97. The van der Waals surface area contributed by atoms with Gasteiger partial charge in [-0.15, -0.1) is 0 Å². The lowest BCUT2D eigenvalue weighted by molar-refractivity contribution is 0.444. The van der Waals surface area contributed by atoms with Gasteiger partial charge in [0.2, 0.25) is 0 Å². The van der Waals surface area contributed by atoms with Crippen LogP contribution in [0.3, 0.4) is 0 Å². The number of phenols is 1. The van der Waals surface area contributed by atoms with Crippen LogP contribution in [-0.4, -0.2) is 5.11 Å². The second kappa shape index (κ2) is 3.24. The predicted octanol–water partition coefficient (Wildman–Crippen LogP) is 2.25. The van der Waals surface area contributed by atoms with E-state index in [1.807, 2.05) is 0 Å². The summed E-state index contributed by atoms with van der Waals surface area (Å²) in [5, 5.41) is 9.71. The molecular weight excluding hydrogens is 181 g/mol. The molecule has 1 aromatic rings. The zero-order valence-electron chi connectivity index (χ0n) is 8.13. The molecule has 1 atom stereocenters. The van der Waals surface area contributed by atoms with Crippen molar-refractivity contribution in [3.05, 3.63) is 29.1 Å². The van der Waals surface area contributed by atoms with Crippen LogP contribution in [0.5, 0.6) is 5.75 Å². The fourth-order valence-electron chi connectivity index (χ4n) is 1.67. The minimum absolute atomic E-state index is 0.0180. The monoisotopic (exact) mass is 195 g/mol. The molecule has 0 saturated heterocycles. The van der Waals surface area contributed by atoms with E-state index in [2.05, 4.69) is 0 Å². The third kappa shape index (κ3) is 1.48. The van der Waals surface area contributed by atoms with Gasteiger partial charge in [0.15, 0.2) is 0 Å². The topological polar surface area (TPSA) is 46.2 Å². The number of hydrogen-bond donors (Lipinski definition) is 2. The summed E-state index contributed by atoms with van der Waals surface area (Å²) in [6.45, 7) is 1.56. The summed E-state index contributed by atoms with van der Waals surface area (Å²) in [7, 11) is 0. The van der Waals surface area contributed by atoms with Crippen LogP contribution in [0.15, 0.2) is 12.1 Å². The average molecular weight is 195 g/mol. The van der Waals surface area contributed by atoms with E-state index in [-0.39, 0.29) is 17.6 Å². The fourth-order valence-corrected chi connectivity index (χ4v) is 1.67.